The van der Waals surface area contributed by atoms with Gasteiger partial charge in [0.15, 0.2) is 6.10 Å². The quantitative estimate of drug-likeness (QED) is 0.429. The number of carbonyl (C=O) groups excluding carboxylic acids is 1. The van der Waals surface area contributed by atoms with E-state index in [2.05, 4.69) is 0 Å². The fourth-order valence-electron chi connectivity index (χ4n) is 4.31. The summed E-state index contributed by atoms with van der Waals surface area (Å²) in [5, 5.41) is 10.3. The number of ether oxygens (including phenoxy) is 1. The predicted molar refractivity (Wildman–Crippen MR) is 142 cm³/mol. The minimum Gasteiger partial charge on any atom is -0.479 e. The van der Waals surface area contributed by atoms with Crippen LogP contribution in [0.1, 0.15) is 70.9 Å². The summed E-state index contributed by atoms with van der Waals surface area (Å²) in [6.45, 7) is 13.5. The van der Waals surface area contributed by atoms with E-state index in [-0.39, 0.29) is 11.6 Å². The van der Waals surface area contributed by atoms with E-state index in [1.165, 1.54) is 0 Å². The van der Waals surface area contributed by atoms with Gasteiger partial charge in [0, 0.05) is 30.4 Å². The normalized spacial score (nSPS) is 12.3. The van der Waals surface area contributed by atoms with Crippen molar-refractivity contribution in [2.75, 3.05) is 7.05 Å². The standard InChI is InChI=1S/C30H36N2O4/c1-18-14-15-23(16-19(18)2)25-21(4)31-26(28(33)32(8)17-22-12-10-9-11-13-22)20(3)24(25)27(29(34)35)36-30(5,6)7/h9-16,27H,17H2,1-8H3,(H,34,35). The van der Waals surface area contributed by atoms with Gasteiger partial charge in [-0.3, -0.25) is 4.79 Å². The molecule has 0 saturated heterocycles. The number of benzene rings is 2. The molecular weight excluding hydrogens is 452 g/mol. The molecule has 1 aromatic heterocycles. The van der Waals surface area contributed by atoms with Gasteiger partial charge in [0.1, 0.15) is 5.69 Å². The lowest BCUT2D eigenvalue weighted by Gasteiger charge is -2.29. The second-order valence-corrected chi connectivity index (χ2v) is 10.4. The predicted octanol–water partition coefficient (Wildman–Crippen LogP) is 6.20. The van der Waals surface area contributed by atoms with Crippen LogP contribution in [-0.4, -0.2) is 39.5 Å². The minimum atomic E-state index is -1.27. The van der Waals surface area contributed by atoms with E-state index in [0.29, 0.717) is 28.9 Å². The SMILES string of the molecule is Cc1ccc(-c2c(C)nc(C(=O)N(C)Cc3ccccc3)c(C)c2C(OC(C)(C)C)C(=O)O)cc1C. The number of hydrogen-bond donors (Lipinski definition) is 1. The number of amides is 1. The second-order valence-electron chi connectivity index (χ2n) is 10.4. The average Bonchev–Trinajstić information content (AvgIpc) is 2.80. The third-order valence-electron chi connectivity index (χ3n) is 6.24. The number of carboxylic acid groups (broad SMARTS) is 1. The van der Waals surface area contributed by atoms with Gasteiger partial charge in [-0.2, -0.15) is 0 Å². The molecule has 3 rings (SSSR count). The average molecular weight is 489 g/mol. The number of aliphatic carboxylic acids is 1. The van der Waals surface area contributed by atoms with Crippen LogP contribution < -0.4 is 0 Å². The first-order valence-corrected chi connectivity index (χ1v) is 12.1. The van der Waals surface area contributed by atoms with Gasteiger partial charge in [0.05, 0.1) is 5.60 Å². The lowest BCUT2D eigenvalue weighted by atomic mass is 9.88. The Morgan fingerprint density at radius 3 is 2.19 bits per heavy atom. The van der Waals surface area contributed by atoms with Crippen molar-refractivity contribution in [3.8, 4) is 11.1 Å². The summed E-state index contributed by atoms with van der Waals surface area (Å²) in [6.07, 6.45) is -1.27. The lowest BCUT2D eigenvalue weighted by Crippen LogP contribution is -2.31. The van der Waals surface area contributed by atoms with Gasteiger partial charge >= 0.3 is 5.97 Å². The van der Waals surface area contributed by atoms with Crippen LogP contribution >= 0.6 is 0 Å². The fourth-order valence-corrected chi connectivity index (χ4v) is 4.31. The highest BCUT2D eigenvalue weighted by Gasteiger charge is 2.34. The number of aryl methyl sites for hydroxylation is 3. The van der Waals surface area contributed by atoms with Gasteiger partial charge in [-0.05, 0) is 76.3 Å². The van der Waals surface area contributed by atoms with Crippen molar-refractivity contribution >= 4 is 11.9 Å². The van der Waals surface area contributed by atoms with Crippen molar-refractivity contribution in [1.29, 1.82) is 0 Å². The van der Waals surface area contributed by atoms with Crippen LogP contribution in [0.4, 0.5) is 0 Å². The van der Waals surface area contributed by atoms with Crippen LogP contribution in [0.2, 0.25) is 0 Å². The van der Waals surface area contributed by atoms with Crippen LogP contribution in [-0.2, 0) is 16.1 Å². The van der Waals surface area contributed by atoms with E-state index in [1.54, 1.807) is 18.9 Å². The summed E-state index contributed by atoms with van der Waals surface area (Å²) < 4.78 is 6.08. The van der Waals surface area contributed by atoms with Crippen LogP contribution in [0, 0.1) is 27.7 Å². The zero-order valence-corrected chi connectivity index (χ0v) is 22.5. The molecule has 1 heterocycles. The van der Waals surface area contributed by atoms with E-state index in [0.717, 1.165) is 22.3 Å². The van der Waals surface area contributed by atoms with Crippen LogP contribution in [0.5, 0.6) is 0 Å². The Bertz CT molecular complexity index is 1280. The summed E-state index contributed by atoms with van der Waals surface area (Å²) in [7, 11) is 1.73. The van der Waals surface area contributed by atoms with Crippen molar-refractivity contribution in [2.45, 2.75) is 66.7 Å². The van der Waals surface area contributed by atoms with E-state index in [1.807, 2.05) is 90.1 Å². The Balaban J connectivity index is 2.23. The molecule has 1 N–H and O–H groups in total. The molecule has 6 heteroatoms. The molecule has 6 nitrogen and oxygen atoms in total. The monoisotopic (exact) mass is 488 g/mol. The number of carboxylic acids is 1. The van der Waals surface area contributed by atoms with Crippen molar-refractivity contribution in [1.82, 2.24) is 9.88 Å². The Morgan fingerprint density at radius 1 is 1.00 bits per heavy atom. The second kappa shape index (κ2) is 10.6. The third-order valence-corrected chi connectivity index (χ3v) is 6.24. The molecule has 0 aliphatic carbocycles. The first-order chi connectivity index (χ1) is 16.8. The van der Waals surface area contributed by atoms with Gasteiger partial charge in [-0.15, -0.1) is 0 Å². The summed E-state index contributed by atoms with van der Waals surface area (Å²) in [6, 6.07) is 15.7. The van der Waals surface area contributed by atoms with Gasteiger partial charge in [0.2, 0.25) is 0 Å². The number of carbonyl (C=O) groups is 2. The Morgan fingerprint density at radius 2 is 1.64 bits per heavy atom. The maximum Gasteiger partial charge on any atom is 0.337 e. The van der Waals surface area contributed by atoms with E-state index >= 15 is 0 Å². The zero-order chi connectivity index (χ0) is 26.8. The number of pyridine rings is 1. The number of aromatic nitrogens is 1. The Labute approximate surface area is 214 Å². The summed E-state index contributed by atoms with van der Waals surface area (Å²) in [4.78, 5) is 32.5. The first-order valence-electron chi connectivity index (χ1n) is 12.1. The van der Waals surface area contributed by atoms with Gasteiger partial charge in [-0.1, -0.05) is 48.5 Å². The van der Waals surface area contributed by atoms with Gasteiger partial charge < -0.3 is 14.7 Å². The maximum atomic E-state index is 13.6. The highest BCUT2D eigenvalue weighted by Crippen LogP contribution is 2.38. The van der Waals surface area contributed by atoms with E-state index < -0.39 is 17.7 Å². The molecule has 0 radical (unpaired) electrons. The molecule has 0 spiro atoms. The fraction of sp³-hybridized carbons (Fsp3) is 0.367. The van der Waals surface area contributed by atoms with Crippen molar-refractivity contribution < 1.29 is 19.4 Å². The summed E-state index contributed by atoms with van der Waals surface area (Å²) in [5.41, 5.74) is 5.82. The number of hydrogen-bond acceptors (Lipinski definition) is 4. The highest BCUT2D eigenvalue weighted by atomic mass is 16.5. The van der Waals surface area contributed by atoms with Gasteiger partial charge in [0.25, 0.3) is 5.91 Å². The molecule has 36 heavy (non-hydrogen) atoms. The highest BCUT2D eigenvalue weighted by molar-refractivity contribution is 5.96. The summed E-state index contributed by atoms with van der Waals surface area (Å²) >= 11 is 0. The van der Waals surface area contributed by atoms with Crippen LogP contribution in [0.15, 0.2) is 48.5 Å². The van der Waals surface area contributed by atoms with Gasteiger partial charge in [-0.25, -0.2) is 9.78 Å². The minimum absolute atomic E-state index is 0.234. The molecule has 3 aromatic rings. The molecule has 0 bridgehead atoms. The smallest absolute Gasteiger partial charge is 0.337 e. The third kappa shape index (κ3) is 6.00. The van der Waals surface area contributed by atoms with Crippen molar-refractivity contribution in [2.24, 2.45) is 0 Å². The molecule has 1 atom stereocenters. The Kier molecular flexibility index (Phi) is 7.99. The van der Waals surface area contributed by atoms with Crippen LogP contribution in [0.25, 0.3) is 11.1 Å². The molecule has 1 unspecified atom stereocenters. The van der Waals surface area contributed by atoms with E-state index in [9.17, 15) is 14.7 Å². The molecule has 0 fully saturated rings. The molecule has 0 aliphatic heterocycles. The molecular formula is C30H36N2O4. The number of nitrogens with zero attached hydrogens (tertiary/aromatic N) is 2. The molecule has 2 aromatic carbocycles. The lowest BCUT2D eigenvalue weighted by molar-refractivity contribution is -0.160. The zero-order valence-electron chi connectivity index (χ0n) is 22.5. The molecule has 0 aliphatic rings. The topological polar surface area (TPSA) is 79.7 Å². The molecule has 1 amide bonds. The molecule has 190 valence electrons. The Hall–Kier alpha value is -3.51. The number of rotatable bonds is 7. The first kappa shape index (κ1) is 27.1. The van der Waals surface area contributed by atoms with E-state index in [4.69, 9.17) is 9.72 Å². The maximum absolute atomic E-state index is 13.6. The largest absolute Gasteiger partial charge is 0.479 e. The van der Waals surface area contributed by atoms with Crippen molar-refractivity contribution in [3.05, 3.63) is 87.7 Å². The molecule has 0 saturated carbocycles. The summed E-state index contributed by atoms with van der Waals surface area (Å²) in [5.74, 6) is -1.38. The van der Waals surface area contributed by atoms with Crippen LogP contribution in [0.3, 0.4) is 0 Å². The van der Waals surface area contributed by atoms with Crippen molar-refractivity contribution in [3.63, 3.8) is 0 Å².